The van der Waals surface area contributed by atoms with E-state index in [1.165, 1.54) is 4.90 Å². The molecule has 2 amide bonds. The molecule has 0 unspecified atom stereocenters. The maximum atomic E-state index is 14.0. The monoisotopic (exact) mass is 549 g/mol. The van der Waals surface area contributed by atoms with E-state index in [9.17, 15) is 18.0 Å². The number of nitrogens with zero attached hydrogens (tertiary/aromatic N) is 2. The summed E-state index contributed by atoms with van der Waals surface area (Å²) in [6.07, 6.45) is 1.70. The number of rotatable bonds is 13. The summed E-state index contributed by atoms with van der Waals surface area (Å²) in [5.41, 5.74) is 2.34. The third-order valence-electron chi connectivity index (χ3n) is 6.80. The number of benzene rings is 3. The van der Waals surface area contributed by atoms with Gasteiger partial charge in [-0.25, -0.2) is 8.42 Å². The summed E-state index contributed by atoms with van der Waals surface area (Å²) >= 11 is 0. The highest BCUT2D eigenvalue weighted by molar-refractivity contribution is 7.92. The van der Waals surface area contributed by atoms with Crippen molar-refractivity contribution in [1.82, 2.24) is 10.2 Å². The van der Waals surface area contributed by atoms with Gasteiger partial charge in [0, 0.05) is 12.6 Å². The molecule has 0 aliphatic carbocycles. The van der Waals surface area contributed by atoms with E-state index in [-0.39, 0.29) is 23.4 Å². The Morgan fingerprint density at radius 1 is 0.846 bits per heavy atom. The molecule has 3 aromatic carbocycles. The first-order valence-corrected chi connectivity index (χ1v) is 14.9. The Kier molecular flexibility index (Phi) is 10.7. The molecule has 0 aliphatic rings. The van der Waals surface area contributed by atoms with Gasteiger partial charge < -0.3 is 10.2 Å². The van der Waals surface area contributed by atoms with Crippen LogP contribution in [0.15, 0.2) is 89.8 Å². The van der Waals surface area contributed by atoms with Crippen molar-refractivity contribution in [2.75, 3.05) is 17.4 Å². The molecule has 39 heavy (non-hydrogen) atoms. The fourth-order valence-electron chi connectivity index (χ4n) is 4.30. The molecule has 0 spiro atoms. The smallest absolute Gasteiger partial charge is 0.264 e. The van der Waals surface area contributed by atoms with Crippen molar-refractivity contribution in [2.24, 2.45) is 0 Å². The Morgan fingerprint density at radius 3 is 2.00 bits per heavy atom. The van der Waals surface area contributed by atoms with Gasteiger partial charge in [-0.3, -0.25) is 13.9 Å². The minimum Gasteiger partial charge on any atom is -0.352 e. The van der Waals surface area contributed by atoms with Gasteiger partial charge in [0.1, 0.15) is 12.6 Å². The van der Waals surface area contributed by atoms with Crippen molar-refractivity contribution in [1.29, 1.82) is 0 Å². The fourth-order valence-corrected chi connectivity index (χ4v) is 5.71. The van der Waals surface area contributed by atoms with Gasteiger partial charge in [0.2, 0.25) is 11.8 Å². The average Bonchev–Trinajstić information content (AvgIpc) is 2.94. The lowest BCUT2D eigenvalue weighted by Gasteiger charge is -2.33. The lowest BCUT2D eigenvalue weighted by atomic mass is 10.1. The van der Waals surface area contributed by atoms with Crippen molar-refractivity contribution in [2.45, 2.75) is 63.9 Å². The summed E-state index contributed by atoms with van der Waals surface area (Å²) in [7, 11) is -4.06. The molecule has 0 heterocycles. The zero-order valence-corrected chi connectivity index (χ0v) is 24.0. The van der Waals surface area contributed by atoms with Crippen LogP contribution in [-0.2, 0) is 26.0 Å². The second kappa shape index (κ2) is 13.9. The predicted octanol–water partition coefficient (Wildman–Crippen LogP) is 4.95. The van der Waals surface area contributed by atoms with E-state index in [0.29, 0.717) is 18.5 Å². The van der Waals surface area contributed by atoms with Crippen molar-refractivity contribution in [3.05, 3.63) is 96.1 Å². The Labute approximate surface area is 232 Å². The molecular weight excluding hydrogens is 510 g/mol. The van der Waals surface area contributed by atoms with Crippen LogP contribution in [0.25, 0.3) is 0 Å². The highest BCUT2D eigenvalue weighted by Gasteiger charge is 2.33. The van der Waals surface area contributed by atoms with Crippen LogP contribution in [0.4, 0.5) is 5.69 Å². The molecule has 0 fully saturated rings. The second-order valence-electron chi connectivity index (χ2n) is 9.72. The van der Waals surface area contributed by atoms with Crippen molar-refractivity contribution < 1.29 is 18.0 Å². The minimum atomic E-state index is -4.06. The lowest BCUT2D eigenvalue weighted by molar-refractivity contribution is -0.139. The Bertz CT molecular complexity index is 1310. The number of nitrogens with one attached hydrogen (secondary N) is 1. The Hall–Kier alpha value is -3.65. The van der Waals surface area contributed by atoms with E-state index >= 15 is 0 Å². The summed E-state index contributed by atoms with van der Waals surface area (Å²) in [6.45, 7) is 7.51. The van der Waals surface area contributed by atoms with Crippen LogP contribution in [0.5, 0.6) is 0 Å². The number of amides is 2. The quantitative estimate of drug-likeness (QED) is 0.327. The van der Waals surface area contributed by atoms with E-state index in [2.05, 4.69) is 5.32 Å². The molecule has 3 aromatic rings. The van der Waals surface area contributed by atoms with E-state index in [1.54, 1.807) is 54.6 Å². The molecule has 0 saturated heterocycles. The third kappa shape index (κ3) is 7.93. The summed E-state index contributed by atoms with van der Waals surface area (Å²) in [5, 5.41) is 3.00. The number of anilines is 1. The standard InChI is InChI=1S/C31H39N3O4S/c1-5-25(4)32-31(36)29(6-2)33(22-21-26-13-9-7-10-14-26)30(35)23-34(27-15-11-8-12-16-27)39(37,38)28-19-17-24(3)18-20-28/h7-20,25,29H,5-6,21-23H2,1-4H3,(H,32,36)/t25-,29-/m0/s1. The number of hydrogen-bond acceptors (Lipinski definition) is 4. The van der Waals surface area contributed by atoms with Gasteiger partial charge in [0.15, 0.2) is 0 Å². The summed E-state index contributed by atoms with van der Waals surface area (Å²) in [6, 6.07) is 24.1. The Balaban J connectivity index is 1.98. The lowest BCUT2D eigenvalue weighted by Crippen LogP contribution is -2.54. The van der Waals surface area contributed by atoms with Crippen LogP contribution in [0.2, 0.25) is 0 Å². The predicted molar refractivity (Wildman–Crippen MR) is 156 cm³/mol. The topological polar surface area (TPSA) is 86.8 Å². The number of carbonyl (C=O) groups excluding carboxylic acids is 2. The minimum absolute atomic E-state index is 0.0413. The molecule has 0 radical (unpaired) electrons. The Morgan fingerprint density at radius 2 is 1.44 bits per heavy atom. The number of hydrogen-bond donors (Lipinski definition) is 1. The van der Waals surface area contributed by atoms with Crippen LogP contribution < -0.4 is 9.62 Å². The number of para-hydroxylation sites is 1. The molecule has 2 atom stereocenters. The second-order valence-corrected chi connectivity index (χ2v) is 11.6. The molecule has 3 rings (SSSR count). The van der Waals surface area contributed by atoms with Gasteiger partial charge in [0.25, 0.3) is 10.0 Å². The van der Waals surface area contributed by atoms with Crippen LogP contribution in [-0.4, -0.2) is 50.3 Å². The maximum Gasteiger partial charge on any atom is 0.264 e. The largest absolute Gasteiger partial charge is 0.352 e. The maximum absolute atomic E-state index is 14.0. The zero-order chi connectivity index (χ0) is 28.4. The van der Waals surface area contributed by atoms with Gasteiger partial charge >= 0.3 is 0 Å². The first-order valence-electron chi connectivity index (χ1n) is 13.5. The van der Waals surface area contributed by atoms with Crippen molar-refractivity contribution in [3.8, 4) is 0 Å². The highest BCUT2D eigenvalue weighted by Crippen LogP contribution is 2.24. The van der Waals surface area contributed by atoms with Crippen LogP contribution >= 0.6 is 0 Å². The van der Waals surface area contributed by atoms with Crippen LogP contribution in [0.1, 0.15) is 44.7 Å². The molecule has 0 saturated carbocycles. The summed E-state index contributed by atoms with van der Waals surface area (Å²) in [5.74, 6) is -0.669. The molecule has 208 valence electrons. The molecule has 0 aromatic heterocycles. The van der Waals surface area contributed by atoms with Crippen LogP contribution in [0, 0.1) is 6.92 Å². The SMILES string of the molecule is CC[C@H](C)NC(=O)[C@H](CC)N(CCc1ccccc1)C(=O)CN(c1ccccc1)S(=O)(=O)c1ccc(C)cc1. The van der Waals surface area contributed by atoms with Crippen molar-refractivity contribution >= 4 is 27.5 Å². The van der Waals surface area contributed by atoms with E-state index < -0.39 is 28.5 Å². The molecule has 0 aliphatic heterocycles. The molecular formula is C31H39N3O4S. The van der Waals surface area contributed by atoms with Gasteiger partial charge in [-0.1, -0.05) is 80.1 Å². The third-order valence-corrected chi connectivity index (χ3v) is 8.59. The molecule has 8 heteroatoms. The average molecular weight is 550 g/mol. The van der Waals surface area contributed by atoms with Crippen molar-refractivity contribution in [3.63, 3.8) is 0 Å². The van der Waals surface area contributed by atoms with E-state index in [1.807, 2.05) is 58.0 Å². The van der Waals surface area contributed by atoms with Gasteiger partial charge in [-0.2, -0.15) is 0 Å². The van der Waals surface area contributed by atoms with Gasteiger partial charge in [-0.15, -0.1) is 0 Å². The first-order chi connectivity index (χ1) is 18.7. The first kappa shape index (κ1) is 29.9. The van der Waals surface area contributed by atoms with Crippen LogP contribution in [0.3, 0.4) is 0 Å². The number of aryl methyl sites for hydroxylation is 1. The highest BCUT2D eigenvalue weighted by atomic mass is 32.2. The summed E-state index contributed by atoms with van der Waals surface area (Å²) in [4.78, 5) is 28.9. The number of sulfonamides is 1. The van der Waals surface area contributed by atoms with E-state index in [0.717, 1.165) is 21.9 Å². The van der Waals surface area contributed by atoms with E-state index in [4.69, 9.17) is 0 Å². The fraction of sp³-hybridized carbons (Fsp3) is 0.355. The summed E-state index contributed by atoms with van der Waals surface area (Å²) < 4.78 is 28.8. The normalized spacial score (nSPS) is 12.8. The number of carbonyl (C=O) groups is 2. The van der Waals surface area contributed by atoms with Gasteiger partial charge in [-0.05, 0) is 62.9 Å². The van der Waals surface area contributed by atoms with Gasteiger partial charge in [0.05, 0.1) is 10.6 Å². The molecule has 1 N–H and O–H groups in total. The zero-order valence-electron chi connectivity index (χ0n) is 23.2. The molecule has 7 nitrogen and oxygen atoms in total. The molecule has 0 bridgehead atoms.